The Morgan fingerprint density at radius 3 is 2.81 bits per heavy atom. The number of alkyl halides is 1. The normalized spacial score (nSPS) is 25.1. The fraction of sp³-hybridized carbons (Fsp3) is 0.500. The van der Waals surface area contributed by atoms with Crippen LogP contribution in [0.3, 0.4) is 0 Å². The third-order valence-electron chi connectivity index (χ3n) is 7.18. The van der Waals surface area contributed by atoms with Crippen molar-refractivity contribution in [1.82, 2.24) is 19.5 Å². The van der Waals surface area contributed by atoms with E-state index in [0.29, 0.717) is 0 Å². The van der Waals surface area contributed by atoms with Crippen molar-refractivity contribution in [3.8, 4) is 5.75 Å². The monoisotopic (exact) mass is 606 g/mol. The van der Waals surface area contributed by atoms with Gasteiger partial charge in [-0.1, -0.05) is 18.2 Å². The second kappa shape index (κ2) is 12.7. The number of carbonyl (C=O) groups excluding carboxylic acids is 1. The van der Waals surface area contributed by atoms with Crippen LogP contribution in [0.4, 0.5) is 10.3 Å². The minimum absolute atomic E-state index is 0.0307. The molecule has 16 heteroatoms. The number of nitrogens with one attached hydrogen (secondary N) is 1. The first kappa shape index (κ1) is 29.8. The standard InChI is InChI=1S/C26H32FN6O8P/c1-15(25(36)39-16-7-5-6-8-16)30-14-42(37,41-17-9-3-2-4-10-17)38-12-19-18(11-27)21(34)24(40-19)33-13-29-20-22(33)31-26(28)32-23(20)35/h2-4,9-10,13-16,18-19,21,24,34H,5-8,11-12H2,1H3,(H3,28,31,32,35)/b30-14+/t15-,18+,19+,21+,24+,42?/m0/s1. The number of aromatic amines is 1. The van der Waals surface area contributed by atoms with Crippen molar-refractivity contribution in [2.24, 2.45) is 10.9 Å². The Kier molecular flexibility index (Phi) is 9.02. The van der Waals surface area contributed by atoms with Crippen molar-refractivity contribution in [3.05, 3.63) is 47.0 Å². The minimum atomic E-state index is -4.19. The van der Waals surface area contributed by atoms with E-state index in [9.17, 15) is 23.7 Å². The number of nitrogens with zero attached hydrogens (tertiary/aromatic N) is 4. The molecular formula is C26H32FN6O8P. The highest BCUT2D eigenvalue weighted by Gasteiger charge is 2.46. The predicted molar refractivity (Wildman–Crippen MR) is 149 cm³/mol. The van der Waals surface area contributed by atoms with E-state index >= 15 is 0 Å². The van der Waals surface area contributed by atoms with Crippen LogP contribution in [-0.4, -0.2) is 74.2 Å². The van der Waals surface area contributed by atoms with Crippen molar-refractivity contribution in [1.29, 1.82) is 0 Å². The minimum Gasteiger partial charge on any atom is -0.461 e. The summed E-state index contributed by atoms with van der Waals surface area (Å²) < 4.78 is 51.9. The maximum atomic E-state index is 14.1. The first-order valence-corrected chi connectivity index (χ1v) is 15.1. The molecule has 0 amide bonds. The van der Waals surface area contributed by atoms with Crippen LogP contribution in [0, 0.1) is 5.92 Å². The van der Waals surface area contributed by atoms with E-state index in [0.717, 1.165) is 31.6 Å². The fourth-order valence-electron chi connectivity index (χ4n) is 4.91. The van der Waals surface area contributed by atoms with Gasteiger partial charge < -0.3 is 24.8 Å². The van der Waals surface area contributed by atoms with E-state index < -0.39 is 62.8 Å². The number of aliphatic hydroxyl groups is 1. The number of H-pyrrole nitrogens is 1. The highest BCUT2D eigenvalue weighted by Crippen LogP contribution is 2.47. The zero-order valence-electron chi connectivity index (χ0n) is 22.7. The summed E-state index contributed by atoms with van der Waals surface area (Å²) in [5, 5.41) is 10.9. The number of aliphatic hydroxyl groups excluding tert-OH is 1. The molecular weight excluding hydrogens is 574 g/mol. The number of esters is 1. The number of ether oxygens (including phenoxy) is 2. The number of halogens is 1. The molecule has 0 radical (unpaired) electrons. The molecule has 1 saturated heterocycles. The van der Waals surface area contributed by atoms with Crippen molar-refractivity contribution >= 4 is 36.6 Å². The molecule has 1 unspecified atom stereocenters. The van der Waals surface area contributed by atoms with Crippen molar-refractivity contribution < 1.29 is 37.4 Å². The summed E-state index contributed by atoms with van der Waals surface area (Å²) in [5.41, 5.74) is 5.05. The van der Waals surface area contributed by atoms with E-state index in [2.05, 4.69) is 19.9 Å². The molecule has 42 heavy (non-hydrogen) atoms. The van der Waals surface area contributed by atoms with Crippen LogP contribution in [0.2, 0.25) is 0 Å². The van der Waals surface area contributed by atoms with Gasteiger partial charge >= 0.3 is 13.6 Å². The van der Waals surface area contributed by atoms with Gasteiger partial charge in [0.2, 0.25) is 5.95 Å². The van der Waals surface area contributed by atoms with Crippen LogP contribution in [-0.2, 0) is 23.4 Å². The van der Waals surface area contributed by atoms with Gasteiger partial charge in [0.15, 0.2) is 17.4 Å². The zero-order valence-corrected chi connectivity index (χ0v) is 23.6. The third-order valence-corrected chi connectivity index (χ3v) is 8.57. The summed E-state index contributed by atoms with van der Waals surface area (Å²) in [4.78, 5) is 39.2. The molecule has 2 aromatic heterocycles. The van der Waals surface area contributed by atoms with Gasteiger partial charge in [-0.2, -0.15) is 4.98 Å². The van der Waals surface area contributed by atoms with E-state index in [-0.39, 0.29) is 29.0 Å². The van der Waals surface area contributed by atoms with Gasteiger partial charge in [0.05, 0.1) is 25.7 Å². The molecule has 1 aromatic carbocycles. The Bertz CT molecular complexity index is 1530. The first-order chi connectivity index (χ1) is 20.2. The highest BCUT2D eigenvalue weighted by atomic mass is 31.2. The van der Waals surface area contributed by atoms with Gasteiger partial charge in [0.1, 0.15) is 30.0 Å². The highest BCUT2D eigenvalue weighted by molar-refractivity contribution is 7.70. The number of nitrogen functional groups attached to an aromatic ring is 1. The number of anilines is 1. The molecule has 3 aromatic rings. The molecule has 3 heterocycles. The third kappa shape index (κ3) is 6.54. The molecule has 226 valence electrons. The van der Waals surface area contributed by atoms with Crippen LogP contribution in [0.15, 0.2) is 46.4 Å². The second-order valence-corrected chi connectivity index (χ2v) is 11.9. The van der Waals surface area contributed by atoms with Gasteiger partial charge in [0.25, 0.3) is 5.56 Å². The molecule has 1 aliphatic heterocycles. The fourth-order valence-corrected chi connectivity index (χ4v) is 6.21. The summed E-state index contributed by atoms with van der Waals surface area (Å²) in [6.07, 6.45) is 0.915. The number of imidazole rings is 1. The molecule has 2 aliphatic rings. The number of nitrogens with two attached hydrogens (primary N) is 1. The lowest BCUT2D eigenvalue weighted by Crippen LogP contribution is -2.30. The summed E-state index contributed by atoms with van der Waals surface area (Å²) in [6.45, 7) is 0.0283. The molecule has 1 saturated carbocycles. The number of hydrogen-bond acceptors (Lipinski definition) is 12. The zero-order chi connectivity index (χ0) is 29.9. The molecule has 2 fully saturated rings. The van der Waals surface area contributed by atoms with Crippen molar-refractivity contribution in [2.45, 2.75) is 63.2 Å². The van der Waals surface area contributed by atoms with E-state index in [1.807, 2.05) is 0 Å². The lowest BCUT2D eigenvalue weighted by atomic mass is 10.0. The summed E-state index contributed by atoms with van der Waals surface area (Å²) in [6, 6.07) is 7.21. The number of carbonyl (C=O) groups is 1. The Morgan fingerprint density at radius 1 is 1.36 bits per heavy atom. The Labute approximate surface area is 239 Å². The first-order valence-electron chi connectivity index (χ1n) is 13.5. The number of rotatable bonds is 11. The summed E-state index contributed by atoms with van der Waals surface area (Å²) in [5.74, 6) is -0.708. The molecule has 5 rings (SSSR count). The largest absolute Gasteiger partial charge is 0.461 e. The average molecular weight is 607 g/mol. The van der Waals surface area contributed by atoms with Crippen LogP contribution in [0.1, 0.15) is 38.8 Å². The van der Waals surface area contributed by atoms with Gasteiger partial charge in [-0.05, 0) is 44.7 Å². The van der Waals surface area contributed by atoms with E-state index in [1.165, 1.54) is 17.8 Å². The molecule has 14 nitrogen and oxygen atoms in total. The lowest BCUT2D eigenvalue weighted by molar-refractivity contribution is -0.149. The Balaban J connectivity index is 1.33. The van der Waals surface area contributed by atoms with Crippen molar-refractivity contribution in [2.75, 3.05) is 19.0 Å². The Hall–Kier alpha value is -3.65. The van der Waals surface area contributed by atoms with Gasteiger partial charge in [-0.15, -0.1) is 0 Å². The number of hydrogen-bond donors (Lipinski definition) is 3. The summed E-state index contributed by atoms with van der Waals surface area (Å²) >= 11 is 0. The van der Waals surface area contributed by atoms with Crippen LogP contribution in [0.25, 0.3) is 11.2 Å². The van der Waals surface area contributed by atoms with Gasteiger partial charge in [-0.3, -0.25) is 28.3 Å². The van der Waals surface area contributed by atoms with Crippen LogP contribution >= 0.6 is 7.60 Å². The van der Waals surface area contributed by atoms with E-state index in [4.69, 9.17) is 24.3 Å². The maximum absolute atomic E-state index is 14.1. The smallest absolute Gasteiger partial charge is 0.421 e. The van der Waals surface area contributed by atoms with Gasteiger partial charge in [-0.25, -0.2) is 14.3 Å². The molecule has 6 atom stereocenters. The SMILES string of the molecule is C[C@H](/N=C/P(=O)(OC[C@H]1O[C@@H](n2cnc3c(=O)[nH]c(N)nc32)[C@H](O)[C@@H]1CF)Oc1ccccc1)C(=O)OC1CCCC1. The topological polar surface area (TPSA) is 193 Å². The number of aliphatic imine (C=N–C) groups is 1. The summed E-state index contributed by atoms with van der Waals surface area (Å²) in [7, 11) is -4.19. The predicted octanol–water partition coefficient (Wildman–Crippen LogP) is 2.74. The molecule has 0 spiro atoms. The van der Waals surface area contributed by atoms with E-state index in [1.54, 1.807) is 30.3 Å². The number of aromatic nitrogens is 4. The molecule has 1 aliphatic carbocycles. The van der Waals surface area contributed by atoms with Crippen LogP contribution in [0.5, 0.6) is 5.75 Å². The molecule has 0 bridgehead atoms. The van der Waals surface area contributed by atoms with Crippen molar-refractivity contribution in [3.63, 3.8) is 0 Å². The number of fused-ring (bicyclic) bond motifs is 1. The average Bonchev–Trinajstić information content (AvgIpc) is 3.70. The number of para-hydroxylation sites is 1. The molecule has 4 N–H and O–H groups in total. The van der Waals surface area contributed by atoms with Crippen LogP contribution < -0.4 is 15.8 Å². The quantitative estimate of drug-likeness (QED) is 0.165. The second-order valence-electron chi connectivity index (χ2n) is 10.2. The van der Waals surface area contributed by atoms with Gasteiger partial charge in [0, 0.05) is 5.92 Å². The number of benzene rings is 1. The lowest BCUT2D eigenvalue weighted by Gasteiger charge is -2.21. The maximum Gasteiger partial charge on any atom is 0.421 e. The Morgan fingerprint density at radius 2 is 2.10 bits per heavy atom.